The highest BCUT2D eigenvalue weighted by atomic mass is 16.4. The smallest absolute Gasteiger partial charge is 0.326 e. The summed E-state index contributed by atoms with van der Waals surface area (Å²) in [5, 5.41) is 25.1. The van der Waals surface area contributed by atoms with Gasteiger partial charge in [-0.1, -0.05) is 0 Å². The van der Waals surface area contributed by atoms with Gasteiger partial charge in [0.15, 0.2) is 0 Å². The maximum atomic E-state index is 12.6. The molecular weight excluding hydrogens is 414 g/mol. The highest BCUT2D eigenvalue weighted by Gasteiger charge is 2.28. The number of carboxylic acid groups (broad SMARTS) is 1. The van der Waals surface area contributed by atoms with E-state index in [0.29, 0.717) is 5.69 Å². The second-order valence-corrected chi connectivity index (χ2v) is 6.77. The predicted octanol–water partition coefficient (Wildman–Crippen LogP) is -3.90. The molecule has 0 aliphatic rings. The standard InChI is InChI=1S/C17H27N7O7/c1-8(14(27)23-11(17(30)31)2-3-13(19)26)22-16(29)12(4-9-5-20-7-21-9)24-15(28)10(18)6-25/h5,7-8,10-12,25H,2-4,6,18H2,1H3,(H2,19,26)(H,20,21)(H,22,29)(H,23,27)(H,24,28)(H,30,31). The number of imidazole rings is 1. The normalized spacial score (nSPS) is 14.5. The fourth-order valence-corrected chi connectivity index (χ4v) is 2.41. The first-order valence-electron chi connectivity index (χ1n) is 9.31. The van der Waals surface area contributed by atoms with Crippen LogP contribution in [0.2, 0.25) is 0 Å². The van der Waals surface area contributed by atoms with Crippen molar-refractivity contribution in [2.24, 2.45) is 11.5 Å². The second-order valence-electron chi connectivity index (χ2n) is 6.77. The number of hydrogen-bond acceptors (Lipinski definition) is 8. The zero-order valence-corrected chi connectivity index (χ0v) is 16.8. The molecule has 14 heteroatoms. The van der Waals surface area contributed by atoms with E-state index in [1.54, 1.807) is 0 Å². The summed E-state index contributed by atoms with van der Waals surface area (Å²) in [7, 11) is 0. The van der Waals surface area contributed by atoms with E-state index < -0.39 is 60.4 Å². The van der Waals surface area contributed by atoms with E-state index in [1.165, 1.54) is 19.4 Å². The van der Waals surface area contributed by atoms with Crippen LogP contribution in [-0.4, -0.2) is 80.6 Å². The number of hydrogen-bond donors (Lipinski definition) is 8. The molecule has 1 rings (SSSR count). The van der Waals surface area contributed by atoms with Crippen LogP contribution >= 0.6 is 0 Å². The van der Waals surface area contributed by atoms with Crippen molar-refractivity contribution in [3.63, 3.8) is 0 Å². The van der Waals surface area contributed by atoms with Crippen LogP contribution in [0.5, 0.6) is 0 Å². The first-order valence-corrected chi connectivity index (χ1v) is 9.31. The van der Waals surface area contributed by atoms with E-state index in [2.05, 4.69) is 25.9 Å². The predicted molar refractivity (Wildman–Crippen MR) is 105 cm³/mol. The molecule has 0 bridgehead atoms. The highest BCUT2D eigenvalue weighted by Crippen LogP contribution is 2.02. The SMILES string of the molecule is CC(NC(=O)C(Cc1cnc[nH]1)NC(=O)C(N)CO)C(=O)NC(CCC(N)=O)C(=O)O. The van der Waals surface area contributed by atoms with Gasteiger partial charge in [0.2, 0.25) is 23.6 Å². The summed E-state index contributed by atoms with van der Waals surface area (Å²) in [4.78, 5) is 65.6. The fourth-order valence-electron chi connectivity index (χ4n) is 2.41. The fraction of sp³-hybridized carbons (Fsp3) is 0.529. The number of rotatable bonds is 13. The number of aliphatic hydroxyl groups excluding tert-OH is 1. The first-order chi connectivity index (χ1) is 14.5. The van der Waals surface area contributed by atoms with Crippen LogP contribution in [0, 0.1) is 0 Å². The second kappa shape index (κ2) is 12.2. The lowest BCUT2D eigenvalue weighted by atomic mass is 10.1. The molecule has 0 spiro atoms. The lowest BCUT2D eigenvalue weighted by molar-refractivity contribution is -0.142. The van der Waals surface area contributed by atoms with Crippen molar-refractivity contribution in [1.82, 2.24) is 25.9 Å². The van der Waals surface area contributed by atoms with Crippen molar-refractivity contribution in [3.8, 4) is 0 Å². The molecule has 0 aliphatic carbocycles. The number of nitrogens with zero attached hydrogens (tertiary/aromatic N) is 1. The van der Waals surface area contributed by atoms with Gasteiger partial charge in [0, 0.05) is 24.7 Å². The molecule has 10 N–H and O–H groups in total. The van der Waals surface area contributed by atoms with Crippen LogP contribution in [0.1, 0.15) is 25.5 Å². The van der Waals surface area contributed by atoms with E-state index in [0.717, 1.165) is 0 Å². The number of primary amides is 1. The Bertz CT molecular complexity index is 784. The van der Waals surface area contributed by atoms with Gasteiger partial charge in [0.25, 0.3) is 0 Å². The van der Waals surface area contributed by atoms with Crippen LogP contribution in [0.25, 0.3) is 0 Å². The molecular formula is C17H27N7O7. The molecule has 31 heavy (non-hydrogen) atoms. The minimum Gasteiger partial charge on any atom is -0.480 e. The molecule has 14 nitrogen and oxygen atoms in total. The Hall–Kier alpha value is -3.52. The number of nitrogens with two attached hydrogens (primary N) is 2. The third-order valence-corrected chi connectivity index (χ3v) is 4.19. The van der Waals surface area contributed by atoms with Crippen molar-refractivity contribution in [2.75, 3.05) is 6.61 Å². The number of aliphatic hydroxyl groups is 1. The maximum Gasteiger partial charge on any atom is 0.326 e. The molecule has 0 saturated heterocycles. The molecule has 0 fully saturated rings. The number of aromatic nitrogens is 2. The van der Waals surface area contributed by atoms with E-state index in [1.807, 2.05) is 0 Å². The minimum absolute atomic E-state index is 0.0135. The molecule has 0 aliphatic heterocycles. The quantitative estimate of drug-likeness (QED) is 0.149. The zero-order valence-electron chi connectivity index (χ0n) is 16.8. The average Bonchev–Trinajstić information content (AvgIpc) is 3.22. The minimum atomic E-state index is -1.37. The Morgan fingerprint density at radius 2 is 1.74 bits per heavy atom. The lowest BCUT2D eigenvalue weighted by Crippen LogP contribution is -2.57. The van der Waals surface area contributed by atoms with Crippen LogP contribution in [0.15, 0.2) is 12.5 Å². The maximum absolute atomic E-state index is 12.6. The third kappa shape index (κ3) is 8.79. The summed E-state index contributed by atoms with van der Waals surface area (Å²) in [5.41, 5.74) is 11.0. The number of H-pyrrole nitrogens is 1. The number of carbonyl (C=O) groups is 5. The van der Waals surface area contributed by atoms with Crippen molar-refractivity contribution in [3.05, 3.63) is 18.2 Å². The van der Waals surface area contributed by atoms with Gasteiger partial charge in [-0.15, -0.1) is 0 Å². The Balaban J connectivity index is 2.79. The largest absolute Gasteiger partial charge is 0.480 e. The number of carboxylic acids is 1. The Morgan fingerprint density at radius 1 is 1.10 bits per heavy atom. The average molecular weight is 441 g/mol. The van der Waals surface area contributed by atoms with Gasteiger partial charge in [-0.25, -0.2) is 9.78 Å². The monoisotopic (exact) mass is 441 g/mol. The van der Waals surface area contributed by atoms with Crippen molar-refractivity contribution in [1.29, 1.82) is 0 Å². The zero-order chi connectivity index (χ0) is 23.6. The molecule has 1 heterocycles. The summed E-state index contributed by atoms with van der Waals surface area (Å²) in [6.45, 7) is 0.680. The molecule has 1 aromatic rings. The van der Waals surface area contributed by atoms with Gasteiger partial charge in [0.1, 0.15) is 24.2 Å². The summed E-state index contributed by atoms with van der Waals surface area (Å²) in [6, 6.07) is -4.96. The molecule has 4 unspecified atom stereocenters. The number of amides is 4. The van der Waals surface area contributed by atoms with E-state index in [9.17, 15) is 24.0 Å². The number of nitrogens with one attached hydrogen (secondary N) is 4. The summed E-state index contributed by atoms with van der Waals surface area (Å²) in [6.07, 6.45) is 2.33. The van der Waals surface area contributed by atoms with Gasteiger partial charge in [-0.2, -0.15) is 0 Å². The molecule has 0 aromatic carbocycles. The number of aromatic amines is 1. The Kier molecular flexibility index (Phi) is 10.1. The van der Waals surface area contributed by atoms with Crippen LogP contribution < -0.4 is 27.4 Å². The van der Waals surface area contributed by atoms with Gasteiger partial charge >= 0.3 is 5.97 Å². The van der Waals surface area contributed by atoms with Gasteiger partial charge < -0.3 is 42.6 Å². The van der Waals surface area contributed by atoms with Crippen LogP contribution in [-0.2, 0) is 30.4 Å². The van der Waals surface area contributed by atoms with Crippen LogP contribution in [0.3, 0.4) is 0 Å². The summed E-state index contributed by atoms with van der Waals surface area (Å²) in [5.74, 6) is -4.43. The molecule has 0 saturated carbocycles. The Labute approximate surface area is 177 Å². The molecule has 4 atom stereocenters. The van der Waals surface area contributed by atoms with Crippen LogP contribution in [0.4, 0.5) is 0 Å². The van der Waals surface area contributed by atoms with Gasteiger partial charge in [-0.3, -0.25) is 19.2 Å². The molecule has 0 radical (unpaired) electrons. The Morgan fingerprint density at radius 3 is 2.26 bits per heavy atom. The number of carbonyl (C=O) groups excluding carboxylic acids is 4. The van der Waals surface area contributed by atoms with E-state index in [-0.39, 0.29) is 19.3 Å². The summed E-state index contributed by atoms with van der Waals surface area (Å²) >= 11 is 0. The first kappa shape index (κ1) is 25.5. The van der Waals surface area contributed by atoms with Gasteiger partial charge in [0.05, 0.1) is 12.9 Å². The van der Waals surface area contributed by atoms with Crippen molar-refractivity contribution in [2.45, 2.75) is 50.4 Å². The highest BCUT2D eigenvalue weighted by molar-refractivity contribution is 5.94. The van der Waals surface area contributed by atoms with Crippen molar-refractivity contribution < 1.29 is 34.2 Å². The molecule has 1 aromatic heterocycles. The van der Waals surface area contributed by atoms with E-state index in [4.69, 9.17) is 21.7 Å². The third-order valence-electron chi connectivity index (χ3n) is 4.19. The topological polar surface area (TPSA) is 243 Å². The summed E-state index contributed by atoms with van der Waals surface area (Å²) < 4.78 is 0. The molecule has 4 amide bonds. The van der Waals surface area contributed by atoms with Gasteiger partial charge in [-0.05, 0) is 13.3 Å². The lowest BCUT2D eigenvalue weighted by Gasteiger charge is -2.23. The van der Waals surface area contributed by atoms with Crippen molar-refractivity contribution >= 4 is 29.6 Å². The molecule has 172 valence electrons. The number of aliphatic carboxylic acids is 1. The van der Waals surface area contributed by atoms with E-state index >= 15 is 0 Å².